The highest BCUT2D eigenvalue weighted by Crippen LogP contribution is 2.49. The first-order valence-corrected chi connectivity index (χ1v) is 5.54. The molecule has 1 atom stereocenters. The van der Waals surface area contributed by atoms with E-state index in [9.17, 15) is 0 Å². The Hall–Kier alpha value is 1.38. The van der Waals surface area contributed by atoms with Gasteiger partial charge >= 0.3 is 0 Å². The normalized spacial score (nSPS) is 38.4. The van der Waals surface area contributed by atoms with Gasteiger partial charge in [0.15, 0.2) is 0 Å². The highest BCUT2D eigenvalue weighted by Gasteiger charge is 2.47. The molecule has 0 radical (unpaired) electrons. The fraction of sp³-hybridized carbons (Fsp3) is 1.00. The van der Waals surface area contributed by atoms with Crippen molar-refractivity contribution in [2.45, 2.75) is 26.2 Å². The molecular formula is C6H12I2N2. The Bertz CT molecular complexity index is 138. The molecule has 0 saturated heterocycles. The molecule has 4 heteroatoms. The third-order valence-corrected chi connectivity index (χ3v) is 5.43. The first kappa shape index (κ1) is 9.47. The second-order valence-electron chi connectivity index (χ2n) is 2.92. The van der Waals surface area contributed by atoms with E-state index in [0.29, 0.717) is 6.54 Å². The number of nitrogens with two attached hydrogens (primary N) is 2. The number of alkyl halides is 2. The van der Waals surface area contributed by atoms with Gasteiger partial charge < -0.3 is 11.5 Å². The summed E-state index contributed by atoms with van der Waals surface area (Å²) >= 11 is 4.85. The summed E-state index contributed by atoms with van der Waals surface area (Å²) in [6.45, 7) is 0.610. The minimum absolute atomic E-state index is 0.117. The summed E-state index contributed by atoms with van der Waals surface area (Å²) in [5.74, 6) is 0. The number of hydrogen-bond acceptors (Lipinski definition) is 2. The molecule has 0 aliphatic heterocycles. The summed E-state index contributed by atoms with van der Waals surface area (Å²) in [5.41, 5.74) is 11.6. The summed E-state index contributed by atoms with van der Waals surface area (Å²) in [7, 11) is 0. The van der Waals surface area contributed by atoms with Crippen LogP contribution in [0.15, 0.2) is 0 Å². The summed E-state index contributed by atoms with van der Waals surface area (Å²) in [6, 6.07) is 0. The Labute approximate surface area is 88.8 Å². The second kappa shape index (κ2) is 3.02. The number of hydrogen-bond donors (Lipinski definition) is 2. The zero-order valence-corrected chi connectivity index (χ0v) is 10.1. The van der Waals surface area contributed by atoms with Gasteiger partial charge in [0.1, 0.15) is 0 Å². The van der Waals surface area contributed by atoms with Crippen molar-refractivity contribution < 1.29 is 0 Å². The molecule has 10 heavy (non-hydrogen) atoms. The lowest BCUT2D eigenvalue weighted by Crippen LogP contribution is -2.55. The van der Waals surface area contributed by atoms with Gasteiger partial charge in [0, 0.05) is 6.54 Å². The van der Waals surface area contributed by atoms with Crippen LogP contribution in [-0.4, -0.2) is 13.5 Å². The van der Waals surface area contributed by atoms with Crippen molar-refractivity contribution in [2.24, 2.45) is 11.5 Å². The van der Waals surface area contributed by atoms with Gasteiger partial charge in [-0.2, -0.15) is 0 Å². The summed E-state index contributed by atoms with van der Waals surface area (Å²) in [6.07, 6.45) is 3.50. The standard InChI is InChI=1S/C6H12I2N2/c7-6(8)3-1-2-5(6,10)4-9/h1-4,9-10H2. The fourth-order valence-corrected chi connectivity index (χ4v) is 3.05. The second-order valence-corrected chi connectivity index (χ2v) is 8.67. The molecular weight excluding hydrogens is 354 g/mol. The van der Waals surface area contributed by atoms with E-state index in [2.05, 4.69) is 45.2 Å². The lowest BCUT2D eigenvalue weighted by Gasteiger charge is -2.33. The maximum Gasteiger partial charge on any atom is 0.0925 e. The van der Waals surface area contributed by atoms with Gasteiger partial charge in [-0.1, -0.05) is 45.2 Å². The van der Waals surface area contributed by atoms with E-state index in [4.69, 9.17) is 11.5 Å². The summed E-state index contributed by atoms with van der Waals surface area (Å²) in [4.78, 5) is 0. The van der Waals surface area contributed by atoms with Crippen LogP contribution in [0.5, 0.6) is 0 Å². The maximum atomic E-state index is 6.10. The fourth-order valence-electron chi connectivity index (χ4n) is 1.31. The van der Waals surface area contributed by atoms with Crippen molar-refractivity contribution in [1.82, 2.24) is 0 Å². The molecule has 4 N–H and O–H groups in total. The average Bonchev–Trinajstić information content (AvgIpc) is 2.10. The molecule has 0 amide bonds. The molecule has 0 spiro atoms. The van der Waals surface area contributed by atoms with Gasteiger partial charge in [-0.05, 0) is 19.3 Å². The molecule has 1 unspecified atom stereocenters. The number of halogens is 2. The van der Waals surface area contributed by atoms with Gasteiger partial charge in [-0.15, -0.1) is 0 Å². The van der Waals surface area contributed by atoms with Crippen molar-refractivity contribution >= 4 is 45.2 Å². The van der Waals surface area contributed by atoms with E-state index in [0.717, 1.165) is 6.42 Å². The minimum atomic E-state index is -0.117. The Morgan fingerprint density at radius 1 is 1.30 bits per heavy atom. The van der Waals surface area contributed by atoms with Gasteiger partial charge in [0.2, 0.25) is 0 Å². The predicted molar refractivity (Wildman–Crippen MR) is 60.6 cm³/mol. The Morgan fingerprint density at radius 2 is 1.90 bits per heavy atom. The molecule has 1 saturated carbocycles. The van der Waals surface area contributed by atoms with Crippen molar-refractivity contribution in [3.05, 3.63) is 0 Å². The Kier molecular flexibility index (Phi) is 2.86. The molecule has 1 aliphatic carbocycles. The predicted octanol–water partition coefficient (Wildman–Crippen LogP) is 1.39. The minimum Gasteiger partial charge on any atom is -0.329 e. The topological polar surface area (TPSA) is 52.0 Å². The molecule has 0 bridgehead atoms. The highest BCUT2D eigenvalue weighted by atomic mass is 127. The van der Waals surface area contributed by atoms with Crippen LogP contribution in [0.4, 0.5) is 0 Å². The molecule has 1 aliphatic rings. The van der Waals surface area contributed by atoms with E-state index in [-0.39, 0.29) is 6.97 Å². The maximum absolute atomic E-state index is 6.10. The lowest BCUT2D eigenvalue weighted by molar-refractivity contribution is 0.461. The molecule has 0 heterocycles. The quantitative estimate of drug-likeness (QED) is 0.545. The van der Waals surface area contributed by atoms with E-state index in [1.54, 1.807) is 0 Å². The van der Waals surface area contributed by atoms with E-state index >= 15 is 0 Å². The van der Waals surface area contributed by atoms with Crippen LogP contribution in [0, 0.1) is 0 Å². The van der Waals surface area contributed by atoms with Crippen LogP contribution in [0.3, 0.4) is 0 Å². The SMILES string of the molecule is NCC1(N)CCCC1(I)I. The van der Waals surface area contributed by atoms with Crippen LogP contribution >= 0.6 is 45.2 Å². The largest absolute Gasteiger partial charge is 0.329 e. The van der Waals surface area contributed by atoms with Gasteiger partial charge in [0.25, 0.3) is 0 Å². The summed E-state index contributed by atoms with van der Waals surface area (Å²) < 4.78 is 0.192. The Morgan fingerprint density at radius 3 is 2.10 bits per heavy atom. The lowest BCUT2D eigenvalue weighted by atomic mass is 10.00. The molecule has 0 aromatic carbocycles. The molecule has 2 nitrogen and oxygen atoms in total. The van der Waals surface area contributed by atoms with E-state index in [1.807, 2.05) is 0 Å². The zero-order chi connectivity index (χ0) is 7.83. The number of rotatable bonds is 1. The molecule has 1 fully saturated rings. The summed E-state index contributed by atoms with van der Waals surface area (Å²) in [5, 5.41) is 0. The monoisotopic (exact) mass is 366 g/mol. The average molecular weight is 366 g/mol. The van der Waals surface area contributed by atoms with Crippen LogP contribution in [0.25, 0.3) is 0 Å². The molecule has 0 aromatic rings. The van der Waals surface area contributed by atoms with Gasteiger partial charge in [-0.25, -0.2) is 0 Å². The van der Waals surface area contributed by atoms with Gasteiger partial charge in [0.05, 0.1) is 6.97 Å². The third kappa shape index (κ3) is 1.44. The van der Waals surface area contributed by atoms with Crippen molar-refractivity contribution in [3.8, 4) is 0 Å². The van der Waals surface area contributed by atoms with Crippen LogP contribution in [0.1, 0.15) is 19.3 Å². The first-order chi connectivity index (χ1) is 4.52. The highest BCUT2D eigenvalue weighted by molar-refractivity contribution is 14.2. The van der Waals surface area contributed by atoms with Crippen molar-refractivity contribution in [3.63, 3.8) is 0 Å². The van der Waals surface area contributed by atoms with Gasteiger partial charge in [-0.3, -0.25) is 0 Å². The van der Waals surface area contributed by atoms with Crippen LogP contribution in [0.2, 0.25) is 0 Å². The van der Waals surface area contributed by atoms with Crippen molar-refractivity contribution in [1.29, 1.82) is 0 Å². The zero-order valence-electron chi connectivity index (χ0n) is 5.74. The van der Waals surface area contributed by atoms with Crippen molar-refractivity contribution in [2.75, 3.05) is 6.54 Å². The molecule has 1 rings (SSSR count). The third-order valence-electron chi connectivity index (χ3n) is 2.21. The van der Waals surface area contributed by atoms with E-state index in [1.165, 1.54) is 12.8 Å². The smallest absolute Gasteiger partial charge is 0.0925 e. The van der Waals surface area contributed by atoms with E-state index < -0.39 is 0 Å². The Balaban J connectivity index is 2.76. The molecule has 0 aromatic heterocycles. The van der Waals surface area contributed by atoms with Crippen LogP contribution < -0.4 is 11.5 Å². The first-order valence-electron chi connectivity index (χ1n) is 3.39. The van der Waals surface area contributed by atoms with Crippen LogP contribution in [-0.2, 0) is 0 Å². The molecule has 60 valence electrons.